The van der Waals surface area contributed by atoms with Gasteiger partial charge in [0.15, 0.2) is 23.3 Å². The first-order valence-corrected chi connectivity index (χ1v) is 7.05. The minimum atomic E-state index is -0.695. The summed E-state index contributed by atoms with van der Waals surface area (Å²) in [6.07, 6.45) is 0.980. The van der Waals surface area contributed by atoms with Crippen molar-refractivity contribution < 1.29 is 8.78 Å². The molecule has 21 heavy (non-hydrogen) atoms. The Morgan fingerprint density at radius 2 is 1.48 bits per heavy atom. The Bertz CT molecular complexity index is 597. The van der Waals surface area contributed by atoms with Crippen molar-refractivity contribution in [3.8, 4) is 0 Å². The number of hydrogen-bond acceptors (Lipinski definition) is 3. The molecule has 0 spiro atoms. The molecule has 0 saturated carbocycles. The van der Waals surface area contributed by atoms with Crippen LogP contribution in [-0.4, -0.2) is 11.5 Å². The van der Waals surface area contributed by atoms with Crippen LogP contribution < -0.4 is 10.6 Å². The highest BCUT2D eigenvalue weighted by Crippen LogP contribution is 2.19. The van der Waals surface area contributed by atoms with Gasteiger partial charge in [-0.2, -0.15) is 0 Å². The number of rotatable bonds is 6. The molecule has 3 nitrogen and oxygen atoms in total. The van der Waals surface area contributed by atoms with Gasteiger partial charge in [-0.1, -0.05) is 31.2 Å². The highest BCUT2D eigenvalue weighted by molar-refractivity contribution is 5.47. The van der Waals surface area contributed by atoms with E-state index in [1.54, 1.807) is 0 Å². The summed E-state index contributed by atoms with van der Waals surface area (Å²) in [5, 5.41) is 5.66. The van der Waals surface area contributed by atoms with Crippen molar-refractivity contribution in [3.63, 3.8) is 0 Å². The van der Waals surface area contributed by atoms with Crippen molar-refractivity contribution in [2.75, 3.05) is 17.2 Å². The minimum absolute atomic E-state index is 0.0481. The van der Waals surface area contributed by atoms with Crippen LogP contribution in [0.1, 0.15) is 25.0 Å². The zero-order valence-corrected chi connectivity index (χ0v) is 12.2. The molecule has 0 atom stereocenters. The summed E-state index contributed by atoms with van der Waals surface area (Å²) in [6, 6.07) is 8.88. The monoisotopic (exact) mass is 291 g/mol. The topological polar surface area (TPSA) is 37.0 Å². The van der Waals surface area contributed by atoms with Gasteiger partial charge in [0.05, 0.1) is 0 Å². The average Bonchev–Trinajstić information content (AvgIpc) is 2.49. The van der Waals surface area contributed by atoms with Crippen LogP contribution in [0.5, 0.6) is 0 Å². The Hall–Kier alpha value is -2.17. The number of nitrogens with zero attached hydrogens (tertiary/aromatic N) is 1. The van der Waals surface area contributed by atoms with Crippen LogP contribution in [0.15, 0.2) is 30.3 Å². The lowest BCUT2D eigenvalue weighted by molar-refractivity contribution is 0.578. The summed E-state index contributed by atoms with van der Waals surface area (Å²) in [6.45, 7) is 4.87. The summed E-state index contributed by atoms with van der Waals surface area (Å²) in [7, 11) is 0. The van der Waals surface area contributed by atoms with Gasteiger partial charge in [-0.15, -0.1) is 0 Å². The standard InChI is InChI=1S/C16H19F2N3/c1-3-11-5-7-12(8-6-11)10-20-16-14(18)9-13(17)15(21-16)19-4-2/h5-9H,3-4,10H2,1-2H3,(H2,19,20,21). The molecule has 0 aliphatic carbocycles. The molecular formula is C16H19F2N3. The van der Waals surface area contributed by atoms with Gasteiger partial charge < -0.3 is 10.6 Å². The third-order valence-electron chi connectivity index (χ3n) is 3.16. The number of pyridine rings is 1. The maximum Gasteiger partial charge on any atom is 0.168 e. The molecule has 112 valence electrons. The van der Waals surface area contributed by atoms with E-state index in [4.69, 9.17) is 0 Å². The molecule has 0 aliphatic heterocycles. The number of benzene rings is 1. The Morgan fingerprint density at radius 1 is 0.905 bits per heavy atom. The first-order chi connectivity index (χ1) is 10.1. The molecular weight excluding hydrogens is 272 g/mol. The van der Waals surface area contributed by atoms with Gasteiger partial charge in [0, 0.05) is 19.2 Å². The van der Waals surface area contributed by atoms with E-state index in [1.807, 2.05) is 31.2 Å². The van der Waals surface area contributed by atoms with E-state index in [0.717, 1.165) is 18.1 Å². The minimum Gasteiger partial charge on any atom is -0.368 e. The molecule has 2 aromatic rings. The van der Waals surface area contributed by atoms with Gasteiger partial charge in [-0.3, -0.25) is 0 Å². The van der Waals surface area contributed by atoms with Crippen molar-refractivity contribution in [1.82, 2.24) is 4.98 Å². The Morgan fingerprint density at radius 3 is 2.05 bits per heavy atom. The van der Waals surface area contributed by atoms with E-state index in [1.165, 1.54) is 5.56 Å². The maximum atomic E-state index is 13.7. The maximum absolute atomic E-state index is 13.7. The number of nitrogens with one attached hydrogen (secondary N) is 2. The van der Waals surface area contributed by atoms with Gasteiger partial charge in [0.2, 0.25) is 0 Å². The quantitative estimate of drug-likeness (QED) is 0.845. The lowest BCUT2D eigenvalue weighted by Crippen LogP contribution is -2.08. The van der Waals surface area contributed by atoms with Gasteiger partial charge in [-0.05, 0) is 24.5 Å². The fourth-order valence-electron chi connectivity index (χ4n) is 1.96. The average molecular weight is 291 g/mol. The Balaban J connectivity index is 2.09. The fourth-order valence-corrected chi connectivity index (χ4v) is 1.96. The molecule has 0 fully saturated rings. The lowest BCUT2D eigenvalue weighted by Gasteiger charge is -2.10. The number of aryl methyl sites for hydroxylation is 1. The second-order valence-electron chi connectivity index (χ2n) is 4.70. The normalized spacial score (nSPS) is 10.5. The molecule has 0 aliphatic rings. The second-order valence-corrected chi connectivity index (χ2v) is 4.70. The number of aromatic nitrogens is 1. The molecule has 1 aromatic carbocycles. The molecule has 2 rings (SSSR count). The molecule has 2 N–H and O–H groups in total. The molecule has 1 aromatic heterocycles. The Labute approximate surface area is 123 Å². The summed E-state index contributed by atoms with van der Waals surface area (Å²) < 4.78 is 27.2. The fraction of sp³-hybridized carbons (Fsp3) is 0.312. The van der Waals surface area contributed by atoms with Crippen LogP contribution in [0.25, 0.3) is 0 Å². The highest BCUT2D eigenvalue weighted by atomic mass is 19.1. The second kappa shape index (κ2) is 7.02. The Kier molecular flexibility index (Phi) is 5.09. The summed E-state index contributed by atoms with van der Waals surface area (Å²) in [5.74, 6) is -1.28. The third-order valence-corrected chi connectivity index (χ3v) is 3.16. The van der Waals surface area contributed by atoms with Crippen molar-refractivity contribution in [2.45, 2.75) is 26.8 Å². The van der Waals surface area contributed by atoms with Crippen LogP contribution in [0.2, 0.25) is 0 Å². The number of halogens is 2. The third kappa shape index (κ3) is 3.90. The molecule has 0 bridgehead atoms. The van der Waals surface area contributed by atoms with Crippen LogP contribution in [-0.2, 0) is 13.0 Å². The zero-order chi connectivity index (χ0) is 15.2. The summed E-state index contributed by atoms with van der Waals surface area (Å²) >= 11 is 0. The van der Waals surface area contributed by atoms with Gasteiger partial charge in [0.25, 0.3) is 0 Å². The SMILES string of the molecule is CCNc1nc(NCc2ccc(CC)cc2)c(F)cc1F. The molecule has 0 unspecified atom stereocenters. The van der Waals surface area contributed by atoms with Crippen LogP contribution in [0.3, 0.4) is 0 Å². The van der Waals surface area contributed by atoms with Gasteiger partial charge in [0.1, 0.15) is 0 Å². The molecule has 1 heterocycles. The van der Waals surface area contributed by atoms with Crippen molar-refractivity contribution in [2.24, 2.45) is 0 Å². The lowest BCUT2D eigenvalue weighted by atomic mass is 10.1. The smallest absolute Gasteiger partial charge is 0.168 e. The van der Waals surface area contributed by atoms with E-state index in [9.17, 15) is 8.78 Å². The highest BCUT2D eigenvalue weighted by Gasteiger charge is 2.11. The molecule has 5 heteroatoms. The summed E-state index contributed by atoms with van der Waals surface area (Å²) in [5.41, 5.74) is 2.27. The van der Waals surface area contributed by atoms with Crippen LogP contribution in [0.4, 0.5) is 20.4 Å². The zero-order valence-electron chi connectivity index (χ0n) is 12.2. The van der Waals surface area contributed by atoms with Crippen molar-refractivity contribution in [1.29, 1.82) is 0 Å². The first-order valence-electron chi connectivity index (χ1n) is 7.05. The largest absolute Gasteiger partial charge is 0.368 e. The predicted octanol–water partition coefficient (Wildman–Crippen LogP) is 3.97. The van der Waals surface area contributed by atoms with Gasteiger partial charge in [-0.25, -0.2) is 13.8 Å². The van der Waals surface area contributed by atoms with Crippen LogP contribution in [0, 0.1) is 11.6 Å². The van der Waals surface area contributed by atoms with E-state index in [-0.39, 0.29) is 11.6 Å². The van der Waals surface area contributed by atoms with Crippen LogP contribution >= 0.6 is 0 Å². The number of hydrogen-bond donors (Lipinski definition) is 2. The van der Waals surface area contributed by atoms with E-state index < -0.39 is 11.6 Å². The molecule has 0 radical (unpaired) electrons. The van der Waals surface area contributed by atoms with Crippen molar-refractivity contribution >= 4 is 11.6 Å². The molecule has 0 saturated heterocycles. The predicted molar refractivity (Wildman–Crippen MR) is 81.5 cm³/mol. The first kappa shape index (κ1) is 15.2. The van der Waals surface area contributed by atoms with E-state index >= 15 is 0 Å². The molecule has 0 amide bonds. The van der Waals surface area contributed by atoms with Gasteiger partial charge >= 0.3 is 0 Å². The summed E-state index contributed by atoms with van der Waals surface area (Å²) in [4.78, 5) is 3.94. The number of anilines is 2. The van der Waals surface area contributed by atoms with Crippen molar-refractivity contribution in [3.05, 3.63) is 53.1 Å². The van der Waals surface area contributed by atoms with E-state index in [0.29, 0.717) is 13.1 Å². The van der Waals surface area contributed by atoms with E-state index in [2.05, 4.69) is 22.5 Å².